The van der Waals surface area contributed by atoms with Gasteiger partial charge in [0.2, 0.25) is 0 Å². The van der Waals surface area contributed by atoms with Crippen LogP contribution in [-0.4, -0.2) is 22.2 Å². The molecule has 2 rings (SSSR count). The highest BCUT2D eigenvalue weighted by Gasteiger charge is 2.27. The number of rotatable bonds is 6. The van der Waals surface area contributed by atoms with Crippen molar-refractivity contribution < 1.29 is 19.1 Å². The average molecular weight is 305 g/mol. The molecule has 0 aliphatic carbocycles. The number of hydrogen-bond acceptors (Lipinski definition) is 5. The average Bonchev–Trinajstić information content (AvgIpc) is 2.75. The molecule has 1 aromatic heterocycles. The molecule has 118 valence electrons. The lowest BCUT2D eigenvalue weighted by Crippen LogP contribution is -2.30. The number of nitrogens with zero attached hydrogens (tertiary/aromatic N) is 1. The zero-order valence-corrected chi connectivity index (χ0v) is 12.6. The van der Waals surface area contributed by atoms with E-state index in [1.54, 1.807) is 6.92 Å². The molecule has 1 aromatic carbocycles. The molecule has 0 radical (unpaired) electrons. The second-order valence-electron chi connectivity index (χ2n) is 4.92. The monoisotopic (exact) mass is 305 g/mol. The van der Waals surface area contributed by atoms with Crippen molar-refractivity contribution in [3.63, 3.8) is 0 Å². The summed E-state index contributed by atoms with van der Waals surface area (Å²) in [5.41, 5.74) is 1.27. The number of ether oxygens (including phenoxy) is 1. The molecule has 22 heavy (non-hydrogen) atoms. The lowest BCUT2D eigenvalue weighted by Gasteiger charge is -2.17. The third-order valence-electron chi connectivity index (χ3n) is 3.47. The van der Waals surface area contributed by atoms with Gasteiger partial charge in [0.15, 0.2) is 0 Å². The first-order valence-electron chi connectivity index (χ1n) is 7.16. The van der Waals surface area contributed by atoms with Crippen molar-refractivity contribution >= 4 is 5.97 Å². The summed E-state index contributed by atoms with van der Waals surface area (Å²) in [4.78, 5) is 24.0. The largest absolute Gasteiger partial charge is 0.479 e. The first-order valence-corrected chi connectivity index (χ1v) is 7.16. The Labute approximate surface area is 127 Å². The highest BCUT2D eigenvalue weighted by atomic mass is 16.5. The van der Waals surface area contributed by atoms with Gasteiger partial charge >= 0.3 is 17.7 Å². The van der Waals surface area contributed by atoms with Gasteiger partial charge in [0.05, 0.1) is 6.61 Å². The minimum Gasteiger partial charge on any atom is -0.479 e. The van der Waals surface area contributed by atoms with Crippen LogP contribution in [0, 0.1) is 6.92 Å². The van der Waals surface area contributed by atoms with Gasteiger partial charge in [-0.1, -0.05) is 30.3 Å². The molecule has 2 aromatic rings. The van der Waals surface area contributed by atoms with E-state index in [0.29, 0.717) is 12.8 Å². The molecule has 0 saturated heterocycles. The van der Waals surface area contributed by atoms with Gasteiger partial charge in [-0.3, -0.25) is 4.57 Å². The zero-order valence-electron chi connectivity index (χ0n) is 12.6. The van der Waals surface area contributed by atoms with E-state index < -0.39 is 23.7 Å². The van der Waals surface area contributed by atoms with E-state index in [2.05, 4.69) is 4.42 Å². The van der Waals surface area contributed by atoms with Gasteiger partial charge in [-0.05, 0) is 32.3 Å². The lowest BCUT2D eigenvalue weighted by atomic mass is 10.0. The minimum atomic E-state index is -0.822. The van der Waals surface area contributed by atoms with Crippen LogP contribution in [0.5, 0.6) is 5.95 Å². The second kappa shape index (κ2) is 6.98. The van der Waals surface area contributed by atoms with Crippen LogP contribution >= 0.6 is 0 Å². The molecular weight excluding hydrogens is 286 g/mol. The smallest absolute Gasteiger partial charge is 0.422 e. The maximum absolute atomic E-state index is 12.2. The van der Waals surface area contributed by atoms with Crippen molar-refractivity contribution in [1.29, 1.82) is 0 Å². The molecule has 0 aliphatic heterocycles. The molecule has 0 unspecified atom stereocenters. The van der Waals surface area contributed by atoms with E-state index in [1.807, 2.05) is 30.3 Å². The quantitative estimate of drug-likeness (QED) is 0.827. The van der Waals surface area contributed by atoms with Gasteiger partial charge in [0.25, 0.3) is 0 Å². The molecule has 6 heteroatoms. The fraction of sp³-hybridized carbons (Fsp3) is 0.375. The minimum absolute atomic E-state index is 0.219. The number of esters is 1. The van der Waals surface area contributed by atoms with Crippen molar-refractivity contribution in [3.05, 3.63) is 52.1 Å². The summed E-state index contributed by atoms with van der Waals surface area (Å²) < 4.78 is 10.9. The van der Waals surface area contributed by atoms with E-state index in [-0.39, 0.29) is 12.3 Å². The Morgan fingerprint density at radius 1 is 1.36 bits per heavy atom. The van der Waals surface area contributed by atoms with Crippen molar-refractivity contribution in [2.75, 3.05) is 6.61 Å². The van der Waals surface area contributed by atoms with Gasteiger partial charge in [0.1, 0.15) is 11.7 Å². The van der Waals surface area contributed by atoms with E-state index in [4.69, 9.17) is 4.74 Å². The predicted octanol–water partition coefficient (Wildman–Crippen LogP) is 2.19. The highest BCUT2D eigenvalue weighted by molar-refractivity contribution is 5.74. The fourth-order valence-corrected chi connectivity index (χ4v) is 2.35. The molecular formula is C16H19NO5. The van der Waals surface area contributed by atoms with Crippen LogP contribution in [0.2, 0.25) is 0 Å². The number of aromatic hydroxyl groups is 1. The number of hydrogen-bond donors (Lipinski definition) is 1. The molecule has 6 nitrogen and oxygen atoms in total. The molecule has 1 atom stereocenters. The maximum Gasteiger partial charge on any atom is 0.422 e. The summed E-state index contributed by atoms with van der Waals surface area (Å²) in [6, 6.07) is 8.81. The van der Waals surface area contributed by atoms with Crippen LogP contribution in [0.3, 0.4) is 0 Å². The van der Waals surface area contributed by atoms with E-state index >= 15 is 0 Å². The lowest BCUT2D eigenvalue weighted by molar-refractivity contribution is -0.147. The Balaban J connectivity index is 2.27. The summed E-state index contributed by atoms with van der Waals surface area (Å²) in [5.74, 6) is -1.75. The molecule has 0 aliphatic rings. The summed E-state index contributed by atoms with van der Waals surface area (Å²) >= 11 is 0. The third kappa shape index (κ3) is 3.39. The van der Waals surface area contributed by atoms with E-state index in [1.165, 1.54) is 6.92 Å². The molecule has 1 N–H and O–H groups in total. The third-order valence-corrected chi connectivity index (χ3v) is 3.47. The van der Waals surface area contributed by atoms with Gasteiger partial charge in [-0.25, -0.2) is 9.59 Å². The summed E-state index contributed by atoms with van der Waals surface area (Å²) in [6.45, 7) is 3.45. The highest BCUT2D eigenvalue weighted by Crippen LogP contribution is 2.22. The first-order chi connectivity index (χ1) is 10.5. The maximum atomic E-state index is 12.2. The van der Waals surface area contributed by atoms with Crippen LogP contribution in [0.1, 0.15) is 30.6 Å². The number of carbonyl (C=O) groups excluding carboxylic acids is 1. The number of carbonyl (C=O) groups is 1. The summed E-state index contributed by atoms with van der Waals surface area (Å²) in [6.07, 6.45) is 0.977. The Kier molecular flexibility index (Phi) is 5.04. The van der Waals surface area contributed by atoms with Crippen LogP contribution in [0.25, 0.3) is 0 Å². The summed E-state index contributed by atoms with van der Waals surface area (Å²) in [7, 11) is 0. The van der Waals surface area contributed by atoms with Crippen molar-refractivity contribution in [3.8, 4) is 5.95 Å². The predicted molar refractivity (Wildman–Crippen MR) is 79.8 cm³/mol. The van der Waals surface area contributed by atoms with Gasteiger partial charge in [-0.2, -0.15) is 0 Å². The zero-order chi connectivity index (χ0) is 16.1. The fourth-order valence-electron chi connectivity index (χ4n) is 2.35. The standard InChI is InChI=1S/C16H19NO5/c1-3-21-15(19)13(10-9-12-7-5-4-6-8-12)17-11(2)14(18)22-16(17)20/h4-8,13,18H,3,9-10H2,1-2H3/t13-/m0/s1. The van der Waals surface area contributed by atoms with Crippen molar-refractivity contribution in [2.24, 2.45) is 0 Å². The van der Waals surface area contributed by atoms with Crippen LogP contribution < -0.4 is 5.76 Å². The van der Waals surface area contributed by atoms with Gasteiger partial charge in [-0.15, -0.1) is 0 Å². The normalized spacial score (nSPS) is 12.1. The van der Waals surface area contributed by atoms with Crippen LogP contribution in [-0.2, 0) is 16.0 Å². The molecule has 0 saturated carbocycles. The number of oxazole rings is 1. The molecule has 0 spiro atoms. The molecule has 0 amide bonds. The molecule has 1 heterocycles. The van der Waals surface area contributed by atoms with Crippen LogP contribution in [0.15, 0.2) is 39.5 Å². The SMILES string of the molecule is CCOC(=O)[C@H](CCc1ccccc1)n1c(C)c(O)oc1=O. The van der Waals surface area contributed by atoms with Gasteiger partial charge < -0.3 is 14.3 Å². The number of aryl methyl sites for hydroxylation is 1. The number of aromatic nitrogens is 1. The first kappa shape index (κ1) is 15.9. The van der Waals surface area contributed by atoms with Crippen LogP contribution in [0.4, 0.5) is 0 Å². The molecule has 0 fully saturated rings. The van der Waals surface area contributed by atoms with Gasteiger partial charge in [0, 0.05) is 0 Å². The van der Waals surface area contributed by atoms with E-state index in [9.17, 15) is 14.7 Å². The van der Waals surface area contributed by atoms with Crippen molar-refractivity contribution in [1.82, 2.24) is 4.57 Å². The summed E-state index contributed by atoms with van der Waals surface area (Å²) in [5, 5.41) is 9.53. The Bertz CT molecular complexity index is 686. The Morgan fingerprint density at radius 3 is 2.59 bits per heavy atom. The molecule has 0 bridgehead atoms. The Morgan fingerprint density at radius 2 is 2.05 bits per heavy atom. The second-order valence-corrected chi connectivity index (χ2v) is 4.92. The topological polar surface area (TPSA) is 81.7 Å². The van der Waals surface area contributed by atoms with Crippen molar-refractivity contribution in [2.45, 2.75) is 32.7 Å². The Hall–Kier alpha value is -2.50. The van der Waals surface area contributed by atoms with E-state index in [0.717, 1.165) is 10.1 Å². The number of benzene rings is 1.